The van der Waals surface area contributed by atoms with E-state index in [9.17, 15) is 8.42 Å². The first-order chi connectivity index (χ1) is 11.9. The van der Waals surface area contributed by atoms with Crippen LogP contribution in [0.5, 0.6) is 5.75 Å². The first-order valence-electron chi connectivity index (χ1n) is 8.39. The maximum absolute atomic E-state index is 12.4. The van der Waals surface area contributed by atoms with Gasteiger partial charge in [0.1, 0.15) is 5.75 Å². The molecule has 2 N–H and O–H groups in total. The van der Waals surface area contributed by atoms with Gasteiger partial charge in [-0.2, -0.15) is 0 Å². The molecule has 1 saturated carbocycles. The standard InChI is InChI=1S/C19H24N2O3S/c1-13-4-5-14(2)15(10-13)12-20-18-11-17(8-9-19(18)24-3)25(22,23)21-16-6-7-16/h4-5,8-11,16,20-21H,6-7,12H2,1-3H3. The van der Waals surface area contributed by atoms with Gasteiger partial charge in [0.25, 0.3) is 0 Å². The molecule has 25 heavy (non-hydrogen) atoms. The van der Waals surface area contributed by atoms with Crippen LogP contribution in [-0.2, 0) is 16.6 Å². The Morgan fingerprint density at radius 3 is 2.56 bits per heavy atom. The van der Waals surface area contributed by atoms with Crippen molar-refractivity contribution < 1.29 is 13.2 Å². The van der Waals surface area contributed by atoms with Gasteiger partial charge in [0.05, 0.1) is 17.7 Å². The second-order valence-corrected chi connectivity index (χ2v) is 8.26. The third-order valence-electron chi connectivity index (χ3n) is 4.35. The Balaban J connectivity index is 1.83. The van der Waals surface area contributed by atoms with E-state index in [1.807, 2.05) is 0 Å². The van der Waals surface area contributed by atoms with Crippen LogP contribution in [0.4, 0.5) is 5.69 Å². The van der Waals surface area contributed by atoms with Gasteiger partial charge in [0.15, 0.2) is 0 Å². The third kappa shape index (κ3) is 4.32. The van der Waals surface area contributed by atoms with Crippen molar-refractivity contribution in [1.82, 2.24) is 4.72 Å². The third-order valence-corrected chi connectivity index (χ3v) is 5.87. The molecule has 0 spiro atoms. The summed E-state index contributed by atoms with van der Waals surface area (Å²) in [6.45, 7) is 4.72. The smallest absolute Gasteiger partial charge is 0.240 e. The number of sulfonamides is 1. The normalized spacial score (nSPS) is 14.4. The van der Waals surface area contributed by atoms with Crippen LogP contribution in [0, 0.1) is 13.8 Å². The van der Waals surface area contributed by atoms with E-state index in [1.165, 1.54) is 16.7 Å². The van der Waals surface area contributed by atoms with Gasteiger partial charge in [0.2, 0.25) is 10.0 Å². The van der Waals surface area contributed by atoms with Crippen molar-refractivity contribution in [2.75, 3.05) is 12.4 Å². The fourth-order valence-corrected chi connectivity index (χ4v) is 3.99. The van der Waals surface area contributed by atoms with Crippen LogP contribution in [0.25, 0.3) is 0 Å². The quantitative estimate of drug-likeness (QED) is 0.794. The van der Waals surface area contributed by atoms with Gasteiger partial charge in [-0.1, -0.05) is 23.8 Å². The van der Waals surface area contributed by atoms with Crippen LogP contribution < -0.4 is 14.8 Å². The molecule has 1 aliphatic carbocycles. The molecule has 0 atom stereocenters. The molecule has 2 aromatic rings. The first kappa shape index (κ1) is 17.8. The Hall–Kier alpha value is -2.05. The van der Waals surface area contributed by atoms with E-state index in [0.717, 1.165) is 12.8 Å². The zero-order valence-corrected chi connectivity index (χ0v) is 15.6. The molecule has 0 amide bonds. The summed E-state index contributed by atoms with van der Waals surface area (Å²) in [6, 6.07) is 11.3. The molecule has 1 aliphatic rings. The van der Waals surface area contributed by atoms with E-state index >= 15 is 0 Å². The fourth-order valence-electron chi connectivity index (χ4n) is 2.66. The molecule has 6 heteroatoms. The topological polar surface area (TPSA) is 67.4 Å². The average molecular weight is 360 g/mol. The van der Waals surface area contributed by atoms with Crippen LogP contribution in [-0.4, -0.2) is 21.6 Å². The number of nitrogens with one attached hydrogen (secondary N) is 2. The van der Waals surface area contributed by atoms with Gasteiger partial charge in [-0.3, -0.25) is 0 Å². The maximum atomic E-state index is 12.4. The number of anilines is 1. The van der Waals surface area contributed by atoms with Crippen molar-refractivity contribution in [3.05, 3.63) is 53.1 Å². The Morgan fingerprint density at radius 1 is 1.12 bits per heavy atom. The van der Waals surface area contributed by atoms with Crippen LogP contribution in [0.15, 0.2) is 41.3 Å². The van der Waals surface area contributed by atoms with Crippen LogP contribution in [0.1, 0.15) is 29.5 Å². The lowest BCUT2D eigenvalue weighted by Gasteiger charge is -2.15. The fraction of sp³-hybridized carbons (Fsp3) is 0.368. The molecule has 5 nitrogen and oxygen atoms in total. The highest BCUT2D eigenvalue weighted by Crippen LogP contribution is 2.29. The van der Waals surface area contributed by atoms with Crippen molar-refractivity contribution in [2.45, 2.75) is 44.2 Å². The minimum atomic E-state index is -3.49. The van der Waals surface area contributed by atoms with Crippen molar-refractivity contribution >= 4 is 15.7 Å². The number of hydrogen-bond acceptors (Lipinski definition) is 4. The summed E-state index contributed by atoms with van der Waals surface area (Å²) in [7, 11) is -1.91. The van der Waals surface area contributed by atoms with E-state index in [1.54, 1.807) is 25.3 Å². The lowest BCUT2D eigenvalue weighted by molar-refractivity contribution is 0.416. The molecule has 1 fully saturated rings. The number of ether oxygens (including phenoxy) is 1. The molecule has 0 heterocycles. The van der Waals surface area contributed by atoms with E-state index < -0.39 is 10.0 Å². The SMILES string of the molecule is COc1ccc(S(=O)(=O)NC2CC2)cc1NCc1cc(C)ccc1C. The highest BCUT2D eigenvalue weighted by Gasteiger charge is 2.28. The highest BCUT2D eigenvalue weighted by molar-refractivity contribution is 7.89. The summed E-state index contributed by atoms with van der Waals surface area (Å²) in [4.78, 5) is 0.253. The number of rotatable bonds is 7. The molecule has 134 valence electrons. The van der Waals surface area contributed by atoms with Gasteiger partial charge in [0, 0.05) is 12.6 Å². The van der Waals surface area contributed by atoms with Gasteiger partial charge in [-0.05, 0) is 56.0 Å². The molecule has 0 radical (unpaired) electrons. The summed E-state index contributed by atoms with van der Waals surface area (Å²) < 4.78 is 32.9. The predicted octanol–water partition coefficient (Wildman–Crippen LogP) is 3.36. The first-order valence-corrected chi connectivity index (χ1v) is 9.88. The summed E-state index contributed by atoms with van der Waals surface area (Å²) >= 11 is 0. The largest absolute Gasteiger partial charge is 0.495 e. The van der Waals surface area contributed by atoms with Crippen LogP contribution >= 0.6 is 0 Å². The zero-order chi connectivity index (χ0) is 18.0. The minimum absolute atomic E-state index is 0.0819. The van der Waals surface area contributed by atoms with Gasteiger partial charge >= 0.3 is 0 Å². The van der Waals surface area contributed by atoms with E-state index in [0.29, 0.717) is 18.0 Å². The summed E-state index contributed by atoms with van der Waals surface area (Å²) in [5, 5.41) is 3.31. The van der Waals surface area contributed by atoms with Crippen LogP contribution in [0.3, 0.4) is 0 Å². The Labute approximate surface area is 149 Å². The molecular weight excluding hydrogens is 336 g/mol. The Bertz CT molecular complexity index is 874. The summed E-state index contributed by atoms with van der Waals surface area (Å²) in [5.41, 5.74) is 4.23. The predicted molar refractivity (Wildman–Crippen MR) is 99.6 cm³/mol. The number of aryl methyl sites for hydroxylation is 2. The molecule has 0 saturated heterocycles. The molecule has 0 aromatic heterocycles. The zero-order valence-electron chi connectivity index (χ0n) is 14.8. The lowest BCUT2D eigenvalue weighted by Crippen LogP contribution is -2.25. The van der Waals surface area contributed by atoms with Crippen molar-refractivity contribution in [2.24, 2.45) is 0 Å². The van der Waals surface area contributed by atoms with E-state index in [2.05, 4.69) is 42.1 Å². The molecule has 0 bridgehead atoms. The Morgan fingerprint density at radius 2 is 1.88 bits per heavy atom. The number of hydrogen-bond donors (Lipinski definition) is 2. The van der Waals surface area contributed by atoms with Gasteiger partial charge in [-0.25, -0.2) is 13.1 Å². The van der Waals surface area contributed by atoms with Crippen molar-refractivity contribution in [1.29, 1.82) is 0 Å². The van der Waals surface area contributed by atoms with Crippen LogP contribution in [0.2, 0.25) is 0 Å². The van der Waals surface area contributed by atoms with Gasteiger partial charge < -0.3 is 10.1 Å². The lowest BCUT2D eigenvalue weighted by atomic mass is 10.1. The Kier molecular flexibility index (Phi) is 5.01. The second-order valence-electron chi connectivity index (χ2n) is 6.54. The number of benzene rings is 2. The molecule has 0 unspecified atom stereocenters. The average Bonchev–Trinajstić information content (AvgIpc) is 3.38. The highest BCUT2D eigenvalue weighted by atomic mass is 32.2. The molecule has 3 rings (SSSR count). The second kappa shape index (κ2) is 7.06. The maximum Gasteiger partial charge on any atom is 0.240 e. The van der Waals surface area contributed by atoms with Gasteiger partial charge in [-0.15, -0.1) is 0 Å². The van der Waals surface area contributed by atoms with Crippen molar-refractivity contribution in [3.8, 4) is 5.75 Å². The van der Waals surface area contributed by atoms with E-state index in [4.69, 9.17) is 4.74 Å². The van der Waals surface area contributed by atoms with E-state index in [-0.39, 0.29) is 10.9 Å². The summed E-state index contributed by atoms with van der Waals surface area (Å²) in [5.74, 6) is 0.621. The van der Waals surface area contributed by atoms with Crippen molar-refractivity contribution in [3.63, 3.8) is 0 Å². The molecular formula is C19H24N2O3S. The summed E-state index contributed by atoms with van der Waals surface area (Å²) in [6.07, 6.45) is 1.82. The number of methoxy groups -OCH3 is 1. The minimum Gasteiger partial charge on any atom is -0.495 e. The molecule has 0 aliphatic heterocycles. The monoisotopic (exact) mass is 360 g/mol. The molecule has 2 aromatic carbocycles.